The van der Waals surface area contributed by atoms with Crippen LogP contribution < -0.4 is 14.8 Å². The number of fused-ring (bicyclic) bond motifs is 1. The molecule has 1 fully saturated rings. The van der Waals surface area contributed by atoms with Crippen LogP contribution in [0.3, 0.4) is 0 Å². The van der Waals surface area contributed by atoms with Crippen molar-refractivity contribution in [3.05, 3.63) is 77.1 Å². The van der Waals surface area contributed by atoms with Gasteiger partial charge in [0.1, 0.15) is 11.6 Å². The van der Waals surface area contributed by atoms with Crippen molar-refractivity contribution in [1.29, 1.82) is 0 Å². The predicted octanol–water partition coefficient (Wildman–Crippen LogP) is 5.58. The second-order valence-electron chi connectivity index (χ2n) is 8.78. The summed E-state index contributed by atoms with van der Waals surface area (Å²) in [5.41, 5.74) is 4.08. The van der Waals surface area contributed by atoms with Crippen molar-refractivity contribution in [3.63, 3.8) is 0 Å². The Morgan fingerprint density at radius 1 is 1.03 bits per heavy atom. The van der Waals surface area contributed by atoms with Gasteiger partial charge in [0.15, 0.2) is 11.5 Å². The van der Waals surface area contributed by atoms with E-state index >= 15 is 0 Å². The highest BCUT2D eigenvalue weighted by Gasteiger charge is 2.50. The molecule has 0 aromatic heterocycles. The molecule has 0 spiro atoms. The van der Waals surface area contributed by atoms with Gasteiger partial charge < -0.3 is 14.8 Å². The van der Waals surface area contributed by atoms with Crippen LogP contribution in [0.15, 0.2) is 54.6 Å². The summed E-state index contributed by atoms with van der Waals surface area (Å²) in [6.45, 7) is 3.50. The Bertz CT molecular complexity index is 1290. The van der Waals surface area contributed by atoms with Gasteiger partial charge in [-0.1, -0.05) is 30.3 Å². The van der Waals surface area contributed by atoms with Gasteiger partial charge in [-0.15, -0.1) is 0 Å². The SMILES string of the molecule is CC(=O)Nc1ccc(-c2cc(CC(=O)C3(c4ccc5c(c4)OCO5)CC3)ccc2C)cc1F.[HH]. The summed E-state index contributed by atoms with van der Waals surface area (Å²) in [4.78, 5) is 24.6. The van der Waals surface area contributed by atoms with E-state index in [2.05, 4.69) is 5.32 Å². The highest BCUT2D eigenvalue weighted by Crippen LogP contribution is 2.51. The molecule has 5 rings (SSSR count). The Kier molecular flexibility index (Phi) is 5.16. The number of hydrogen-bond acceptors (Lipinski definition) is 4. The molecule has 33 heavy (non-hydrogen) atoms. The number of nitrogens with one attached hydrogen (secondary N) is 1. The normalized spacial score (nSPS) is 15.2. The lowest BCUT2D eigenvalue weighted by molar-refractivity contribution is -0.120. The Morgan fingerprint density at radius 3 is 2.55 bits per heavy atom. The molecule has 0 atom stereocenters. The third-order valence-electron chi connectivity index (χ3n) is 6.47. The number of rotatable bonds is 6. The molecule has 1 saturated carbocycles. The maximum atomic E-state index is 14.5. The number of carbonyl (C=O) groups is 2. The Hall–Kier alpha value is -3.67. The zero-order valence-corrected chi connectivity index (χ0v) is 18.5. The molecule has 2 aliphatic rings. The fraction of sp³-hybridized carbons (Fsp3) is 0.259. The predicted molar refractivity (Wildman–Crippen MR) is 125 cm³/mol. The van der Waals surface area contributed by atoms with Crippen molar-refractivity contribution in [2.75, 3.05) is 12.1 Å². The summed E-state index contributed by atoms with van der Waals surface area (Å²) in [7, 11) is 0. The van der Waals surface area contributed by atoms with E-state index in [-0.39, 0.29) is 25.6 Å². The molecular weight excluding hydrogens is 421 g/mol. The quantitative estimate of drug-likeness (QED) is 0.536. The maximum absolute atomic E-state index is 14.5. The molecule has 1 aliphatic heterocycles. The average molecular weight is 448 g/mol. The average Bonchev–Trinajstić information content (AvgIpc) is 3.47. The summed E-state index contributed by atoms with van der Waals surface area (Å²) in [5, 5.41) is 2.48. The number of benzene rings is 3. The van der Waals surface area contributed by atoms with Crippen LogP contribution in [0, 0.1) is 12.7 Å². The van der Waals surface area contributed by atoms with E-state index in [0.717, 1.165) is 35.1 Å². The van der Waals surface area contributed by atoms with E-state index in [4.69, 9.17) is 9.47 Å². The third kappa shape index (κ3) is 3.97. The first kappa shape index (κ1) is 21.2. The third-order valence-corrected chi connectivity index (χ3v) is 6.47. The molecule has 0 unspecified atom stereocenters. The lowest BCUT2D eigenvalue weighted by atomic mass is 9.87. The summed E-state index contributed by atoms with van der Waals surface area (Å²) in [6, 6.07) is 16.4. The number of amides is 1. The molecule has 0 radical (unpaired) electrons. The zero-order chi connectivity index (χ0) is 23.2. The molecule has 3 aromatic carbocycles. The largest absolute Gasteiger partial charge is 0.454 e. The van der Waals surface area contributed by atoms with Gasteiger partial charge in [0, 0.05) is 14.8 Å². The first-order valence-corrected chi connectivity index (χ1v) is 11.0. The van der Waals surface area contributed by atoms with Gasteiger partial charge in [0.05, 0.1) is 11.1 Å². The van der Waals surface area contributed by atoms with E-state index in [0.29, 0.717) is 23.5 Å². The molecule has 1 aliphatic carbocycles. The van der Waals surface area contributed by atoms with Crippen LogP contribution in [0.5, 0.6) is 11.5 Å². The number of ether oxygens (including phenoxy) is 2. The van der Waals surface area contributed by atoms with Gasteiger partial charge in [-0.25, -0.2) is 4.39 Å². The first-order chi connectivity index (χ1) is 15.9. The minimum absolute atomic E-state index is 0. The molecule has 1 amide bonds. The van der Waals surface area contributed by atoms with Crippen LogP contribution in [0.4, 0.5) is 10.1 Å². The van der Waals surface area contributed by atoms with Gasteiger partial charge >= 0.3 is 0 Å². The van der Waals surface area contributed by atoms with Gasteiger partial charge in [0.25, 0.3) is 0 Å². The minimum atomic E-state index is -0.497. The van der Waals surface area contributed by atoms with Crippen molar-refractivity contribution < 1.29 is 24.9 Å². The maximum Gasteiger partial charge on any atom is 0.231 e. The van der Waals surface area contributed by atoms with Gasteiger partial charge in [0.2, 0.25) is 12.7 Å². The second kappa shape index (κ2) is 8.03. The second-order valence-corrected chi connectivity index (χ2v) is 8.78. The van der Waals surface area contributed by atoms with Crippen LogP contribution in [0.25, 0.3) is 11.1 Å². The van der Waals surface area contributed by atoms with Crippen molar-refractivity contribution in [3.8, 4) is 22.6 Å². The molecule has 1 heterocycles. The molecule has 6 heteroatoms. The Labute approximate surface area is 193 Å². The van der Waals surface area contributed by atoms with Crippen molar-refractivity contribution in [1.82, 2.24) is 0 Å². The smallest absolute Gasteiger partial charge is 0.231 e. The summed E-state index contributed by atoms with van der Waals surface area (Å²) in [6.07, 6.45) is 1.94. The molecule has 0 bridgehead atoms. The van der Waals surface area contributed by atoms with Crippen molar-refractivity contribution in [2.24, 2.45) is 0 Å². The van der Waals surface area contributed by atoms with Gasteiger partial charge in [-0.2, -0.15) is 0 Å². The lowest BCUT2D eigenvalue weighted by Gasteiger charge is -2.16. The summed E-state index contributed by atoms with van der Waals surface area (Å²) < 4.78 is 25.4. The van der Waals surface area contributed by atoms with Crippen LogP contribution >= 0.6 is 0 Å². The number of Topliss-reactive ketones (excluding diaryl/α,β-unsaturated/α-hetero) is 1. The lowest BCUT2D eigenvalue weighted by Crippen LogP contribution is -2.22. The van der Waals surface area contributed by atoms with E-state index in [1.807, 2.05) is 43.3 Å². The van der Waals surface area contributed by atoms with Crippen molar-refractivity contribution in [2.45, 2.75) is 38.5 Å². The number of ketones is 1. The molecule has 3 aromatic rings. The minimum Gasteiger partial charge on any atom is -0.454 e. The molecule has 0 saturated heterocycles. The molecule has 170 valence electrons. The van der Waals surface area contributed by atoms with Gasteiger partial charge in [-0.3, -0.25) is 9.59 Å². The van der Waals surface area contributed by atoms with Gasteiger partial charge in [-0.05, 0) is 71.8 Å². The fourth-order valence-corrected chi connectivity index (χ4v) is 4.47. The monoisotopic (exact) mass is 447 g/mol. The highest BCUT2D eigenvalue weighted by molar-refractivity contribution is 5.95. The van der Waals surface area contributed by atoms with Crippen LogP contribution in [-0.2, 0) is 21.4 Å². The van der Waals surface area contributed by atoms with E-state index in [9.17, 15) is 14.0 Å². The standard InChI is InChI=1S/C27H24FNO4.H2/c1-16-3-4-18(11-21(16)19-5-7-23(22(28)13-19)29-17(2)30)12-26(31)27(9-10-27)20-6-8-24-25(14-20)33-15-32-24;/h3-8,11,13-14H,9-10,12,15H2,1-2H3,(H,29,30);1H. The van der Waals surface area contributed by atoms with E-state index in [1.54, 1.807) is 12.1 Å². The highest BCUT2D eigenvalue weighted by atomic mass is 19.1. The topological polar surface area (TPSA) is 64.6 Å². The first-order valence-electron chi connectivity index (χ1n) is 11.0. The van der Waals surface area contributed by atoms with E-state index < -0.39 is 11.2 Å². The number of carbonyl (C=O) groups excluding carboxylic acids is 2. The van der Waals surface area contributed by atoms with Crippen LogP contribution in [0.1, 0.15) is 37.9 Å². The Balaban J connectivity index is 0.00000274. The summed E-state index contributed by atoms with van der Waals surface area (Å²) >= 11 is 0. The zero-order valence-electron chi connectivity index (χ0n) is 18.5. The molecule has 5 nitrogen and oxygen atoms in total. The number of halogens is 1. The fourth-order valence-electron chi connectivity index (χ4n) is 4.47. The molecular formula is C27H26FNO4. The van der Waals surface area contributed by atoms with Crippen molar-refractivity contribution >= 4 is 17.4 Å². The number of hydrogen-bond donors (Lipinski definition) is 1. The summed E-state index contributed by atoms with van der Waals surface area (Å²) in [5.74, 6) is 0.748. The number of anilines is 1. The van der Waals surface area contributed by atoms with Crippen LogP contribution in [-0.4, -0.2) is 18.5 Å². The van der Waals surface area contributed by atoms with Crippen LogP contribution in [0.2, 0.25) is 0 Å². The Morgan fingerprint density at radius 2 is 1.82 bits per heavy atom. The molecule has 1 N–H and O–H groups in total. The van der Waals surface area contributed by atoms with E-state index in [1.165, 1.54) is 13.0 Å². The number of aryl methyl sites for hydroxylation is 1.